The Bertz CT molecular complexity index is 113. The molecule has 0 fully saturated rings. The molecular weight excluding hydrogens is 451 g/mol. The van der Waals surface area contributed by atoms with Gasteiger partial charge in [-0.25, -0.2) is 0 Å². The van der Waals surface area contributed by atoms with Crippen LogP contribution in [0.25, 0.3) is 0 Å². The molecule has 0 N–H and O–H groups in total. The van der Waals surface area contributed by atoms with Gasteiger partial charge in [-0.15, -0.1) is 0 Å². The summed E-state index contributed by atoms with van der Waals surface area (Å²) in [4.78, 5) is 0. The van der Waals surface area contributed by atoms with Crippen molar-refractivity contribution >= 4 is 0 Å². The van der Waals surface area contributed by atoms with Crippen molar-refractivity contribution in [3.05, 3.63) is 48.6 Å². The molecule has 0 atom stereocenters. The Labute approximate surface area is 103 Å². The van der Waals surface area contributed by atoms with Crippen molar-refractivity contribution in [2.75, 3.05) is 0 Å². The van der Waals surface area contributed by atoms with Gasteiger partial charge in [-0.05, 0) is 0 Å². The van der Waals surface area contributed by atoms with Crippen LogP contribution in [0.1, 0.15) is 0 Å². The molecule has 0 heterocycles. The van der Waals surface area contributed by atoms with Crippen molar-refractivity contribution in [3.63, 3.8) is 0 Å². The van der Waals surface area contributed by atoms with E-state index in [1.807, 2.05) is 48.6 Å². The molecule has 0 amide bonds. The van der Waals surface area contributed by atoms with E-state index in [-0.39, 0.29) is 55.0 Å². The fourth-order valence-electron chi connectivity index (χ4n) is 0.513. The van der Waals surface area contributed by atoms with Gasteiger partial charge in [0.1, 0.15) is 0 Å². The van der Waals surface area contributed by atoms with Gasteiger partial charge in [0.05, 0.1) is 0 Å². The third kappa shape index (κ3) is 10.6. The minimum absolute atomic E-state index is 0. The fourth-order valence-corrected chi connectivity index (χ4v) is 0.513. The van der Waals surface area contributed by atoms with Gasteiger partial charge < -0.3 is 34.0 Å². The maximum absolute atomic E-state index is 2.00. The predicted molar refractivity (Wildman–Crippen MR) is 36.6 cm³/mol. The summed E-state index contributed by atoms with van der Waals surface area (Å²) in [6.45, 7) is 0. The summed E-state index contributed by atoms with van der Waals surface area (Å²) in [6, 6.07) is 0. The van der Waals surface area contributed by atoms with E-state index >= 15 is 0 Å². The summed E-state index contributed by atoms with van der Waals surface area (Å²) in [5.41, 5.74) is 0. The van der Waals surface area contributed by atoms with Crippen LogP contribution in [0.2, 0.25) is 0 Å². The molecule has 0 aliphatic heterocycles. The van der Waals surface area contributed by atoms with Crippen LogP contribution in [0, 0.1) is 0 Å². The quantitative estimate of drug-likeness (QED) is 0.350. The Morgan fingerprint density at radius 1 is 0.364 bits per heavy atom. The Kier molecular flexibility index (Phi) is 21.2. The molecule has 0 unspecified atom stereocenters. The standard InChI is InChI=1S/C8H8.2BrH.Pt/c1-2-4-6-8-7-5-3-1;;;/h1-8H;2*1H;/q;;;+2/p-2/b2-1-,3-1?,4-2?,5-3-,6-4?,7-5?,8-6?,8-7?;;;. The zero-order valence-corrected chi connectivity index (χ0v) is 11.1. The molecule has 0 radical (unpaired) electrons. The van der Waals surface area contributed by atoms with Gasteiger partial charge in [-0.2, -0.15) is 0 Å². The van der Waals surface area contributed by atoms with E-state index in [1.54, 1.807) is 0 Å². The van der Waals surface area contributed by atoms with Gasteiger partial charge in [-0.3, -0.25) is 0 Å². The molecule has 0 aromatic rings. The number of allylic oxidation sites excluding steroid dienone is 8. The topological polar surface area (TPSA) is 0 Å². The Morgan fingerprint density at radius 3 is 0.545 bits per heavy atom. The van der Waals surface area contributed by atoms with Crippen molar-refractivity contribution in [1.29, 1.82) is 0 Å². The van der Waals surface area contributed by atoms with Crippen molar-refractivity contribution in [1.82, 2.24) is 0 Å². The molecule has 0 aromatic heterocycles. The number of hydrogen-bond donors (Lipinski definition) is 0. The molecule has 11 heavy (non-hydrogen) atoms. The van der Waals surface area contributed by atoms with Crippen molar-refractivity contribution < 1.29 is 55.0 Å². The molecule has 1 rings (SSSR count). The van der Waals surface area contributed by atoms with Gasteiger partial charge in [0.25, 0.3) is 0 Å². The monoisotopic (exact) mass is 457 g/mol. The van der Waals surface area contributed by atoms with Crippen LogP contribution in [0.4, 0.5) is 0 Å². The molecule has 1 aliphatic carbocycles. The molecular formula is C8H8Br2Pt. The molecule has 0 aromatic carbocycles. The van der Waals surface area contributed by atoms with Crippen LogP contribution < -0.4 is 34.0 Å². The zero-order valence-electron chi connectivity index (χ0n) is 5.69. The second-order valence-electron chi connectivity index (χ2n) is 1.54. The summed E-state index contributed by atoms with van der Waals surface area (Å²) in [5, 5.41) is 0. The van der Waals surface area contributed by atoms with Gasteiger partial charge in [0.15, 0.2) is 0 Å². The first-order chi connectivity index (χ1) is 4.00. The first-order valence-electron chi connectivity index (χ1n) is 2.67. The summed E-state index contributed by atoms with van der Waals surface area (Å²) in [5.74, 6) is 0. The average Bonchev–Trinajstić information content (AvgIpc) is 1.62. The third-order valence-corrected chi connectivity index (χ3v) is 0.889. The molecule has 0 saturated heterocycles. The van der Waals surface area contributed by atoms with Gasteiger partial charge in [-0.1, -0.05) is 48.6 Å². The van der Waals surface area contributed by atoms with E-state index in [0.29, 0.717) is 0 Å². The van der Waals surface area contributed by atoms with Crippen LogP contribution in [-0.2, 0) is 21.1 Å². The minimum Gasteiger partial charge on any atom is -1.00 e. The van der Waals surface area contributed by atoms with Gasteiger partial charge in [0.2, 0.25) is 0 Å². The molecule has 1 aliphatic rings. The van der Waals surface area contributed by atoms with Crippen molar-refractivity contribution in [2.24, 2.45) is 0 Å². The van der Waals surface area contributed by atoms with E-state index < -0.39 is 0 Å². The van der Waals surface area contributed by atoms with Gasteiger partial charge >= 0.3 is 21.1 Å². The number of halogens is 2. The van der Waals surface area contributed by atoms with E-state index in [4.69, 9.17) is 0 Å². The van der Waals surface area contributed by atoms with Crippen molar-refractivity contribution in [3.8, 4) is 0 Å². The molecule has 0 nitrogen and oxygen atoms in total. The summed E-state index contributed by atoms with van der Waals surface area (Å²) >= 11 is 0. The Morgan fingerprint density at radius 2 is 0.455 bits per heavy atom. The largest absolute Gasteiger partial charge is 2.00 e. The Balaban J connectivity index is -0.000000213. The minimum atomic E-state index is 0. The number of hydrogen-bond acceptors (Lipinski definition) is 0. The van der Waals surface area contributed by atoms with E-state index in [0.717, 1.165) is 0 Å². The van der Waals surface area contributed by atoms with E-state index in [2.05, 4.69) is 0 Å². The average molecular weight is 459 g/mol. The van der Waals surface area contributed by atoms with Crippen LogP contribution in [0.5, 0.6) is 0 Å². The maximum atomic E-state index is 2.00. The van der Waals surface area contributed by atoms with E-state index in [9.17, 15) is 0 Å². The first kappa shape index (κ1) is 17.6. The second kappa shape index (κ2) is 13.2. The molecule has 0 spiro atoms. The molecule has 0 bridgehead atoms. The fraction of sp³-hybridized carbons (Fsp3) is 0. The predicted octanol–water partition coefficient (Wildman–Crippen LogP) is -3.77. The normalized spacial score (nSPS) is 17.5. The molecule has 3 heteroatoms. The van der Waals surface area contributed by atoms with Crippen LogP contribution in [0.3, 0.4) is 0 Å². The van der Waals surface area contributed by atoms with Crippen LogP contribution >= 0.6 is 0 Å². The summed E-state index contributed by atoms with van der Waals surface area (Å²) < 4.78 is 0. The summed E-state index contributed by atoms with van der Waals surface area (Å²) in [6.07, 6.45) is 16.0. The van der Waals surface area contributed by atoms with Crippen LogP contribution in [0.15, 0.2) is 48.6 Å². The Hall–Kier alpha value is 0.608. The van der Waals surface area contributed by atoms with Crippen LogP contribution in [-0.4, -0.2) is 0 Å². The smallest absolute Gasteiger partial charge is 1.00 e. The summed E-state index contributed by atoms with van der Waals surface area (Å²) in [7, 11) is 0. The van der Waals surface area contributed by atoms with Crippen molar-refractivity contribution in [2.45, 2.75) is 0 Å². The molecule has 64 valence electrons. The maximum Gasteiger partial charge on any atom is 2.00 e. The second-order valence-corrected chi connectivity index (χ2v) is 1.54. The van der Waals surface area contributed by atoms with Gasteiger partial charge in [0, 0.05) is 0 Å². The SMILES string of the molecule is C1=C/C=C\C=C/C=C1.[Br-].[Br-].[Pt+2]. The zero-order chi connectivity index (χ0) is 5.66. The third-order valence-electron chi connectivity index (χ3n) is 0.889. The van der Waals surface area contributed by atoms with E-state index in [1.165, 1.54) is 0 Å². The first-order valence-corrected chi connectivity index (χ1v) is 2.67. The number of rotatable bonds is 0. The molecule has 0 saturated carbocycles.